The average Bonchev–Trinajstić information content (AvgIpc) is 2.62. The molecule has 0 aliphatic carbocycles. The maximum atomic E-state index is 5.98. The van der Waals surface area contributed by atoms with Gasteiger partial charge < -0.3 is 0 Å². The zero-order chi connectivity index (χ0) is 28.9. The monoisotopic (exact) mass is 525 g/mol. The second-order valence-corrected chi connectivity index (χ2v) is 18.2. The molecule has 0 heterocycles. The van der Waals surface area contributed by atoms with Gasteiger partial charge in [0, 0.05) is 10.8 Å². The van der Waals surface area contributed by atoms with E-state index in [4.69, 9.17) is 4.74 Å². The summed E-state index contributed by atoms with van der Waals surface area (Å²) in [6.45, 7) is 34.4. The van der Waals surface area contributed by atoms with Gasteiger partial charge in [-0.05, 0) is 99.7 Å². The van der Waals surface area contributed by atoms with Crippen LogP contribution in [-0.2, 0) is 16.2 Å². The first-order chi connectivity index (χ1) is 16.4. The first kappa shape index (κ1) is 31.8. The second-order valence-electron chi connectivity index (χ2n) is 15.3. The minimum atomic E-state index is -2.40. The van der Waals surface area contributed by atoms with Crippen LogP contribution in [0.25, 0.3) is 0 Å². The van der Waals surface area contributed by atoms with Crippen LogP contribution >= 0.6 is 7.36 Å². The molecule has 4 heteroatoms. The largest absolute Gasteiger partial charge is 0.263 e. The van der Waals surface area contributed by atoms with E-state index in [9.17, 15) is 0 Å². The molecule has 0 aromatic heterocycles. The van der Waals surface area contributed by atoms with Crippen molar-refractivity contribution in [1.82, 2.24) is 9.76 Å². The van der Waals surface area contributed by atoms with Crippen LogP contribution in [0.2, 0.25) is 0 Å². The number of hydrogen-bond acceptors (Lipinski definition) is 1. The highest BCUT2D eigenvalue weighted by Gasteiger charge is 2.36. The molecule has 2 aromatic carbocycles. The van der Waals surface area contributed by atoms with Gasteiger partial charge in [-0.1, -0.05) is 92.1 Å². The molecular formula is C33H56N3P. The van der Waals surface area contributed by atoms with Crippen LogP contribution in [0.4, 0.5) is 5.69 Å². The summed E-state index contributed by atoms with van der Waals surface area (Å²) in [6.07, 6.45) is 0. The lowest BCUT2D eigenvalue weighted by Gasteiger charge is -2.41. The van der Waals surface area contributed by atoms with E-state index in [0.29, 0.717) is 0 Å². The Balaban J connectivity index is 3.31. The Hall–Kier alpha value is -1.41. The zero-order valence-corrected chi connectivity index (χ0v) is 28.0. The molecule has 0 spiro atoms. The van der Waals surface area contributed by atoms with Crippen LogP contribution in [0.1, 0.15) is 116 Å². The Labute approximate surface area is 230 Å². The smallest absolute Gasteiger partial charge is 0.130 e. The molecule has 0 fully saturated rings. The van der Waals surface area contributed by atoms with Crippen LogP contribution in [0.5, 0.6) is 0 Å². The van der Waals surface area contributed by atoms with Crippen molar-refractivity contribution in [1.29, 1.82) is 0 Å². The van der Waals surface area contributed by atoms with Crippen LogP contribution < -0.4 is 10.4 Å². The van der Waals surface area contributed by atoms with Crippen LogP contribution in [0, 0.1) is 20.8 Å². The molecule has 0 saturated carbocycles. The van der Waals surface area contributed by atoms with Gasteiger partial charge in [0.2, 0.25) is 0 Å². The van der Waals surface area contributed by atoms with Gasteiger partial charge in [-0.3, -0.25) is 9.76 Å². The molecule has 0 aliphatic heterocycles. The highest BCUT2D eigenvalue weighted by molar-refractivity contribution is 7.70. The molecule has 37 heavy (non-hydrogen) atoms. The van der Waals surface area contributed by atoms with E-state index < -0.39 is 7.36 Å². The topological polar surface area (TPSA) is 27.6 Å². The molecule has 1 atom stereocenters. The van der Waals surface area contributed by atoms with Gasteiger partial charge in [0.25, 0.3) is 0 Å². The molecular weight excluding hydrogens is 469 g/mol. The Morgan fingerprint density at radius 3 is 1.35 bits per heavy atom. The number of benzene rings is 2. The second kappa shape index (κ2) is 10.3. The SMILES string of the molecule is Cc1cc(C)c([P@](=Nc2c(C(C)(C)C)cc(C(C)(C)C)cc2C(C)(C)C)(NC(C)(C)C)N(C)C)c(C)c1. The fraction of sp³-hybridized carbons (Fsp3) is 0.636. The summed E-state index contributed by atoms with van der Waals surface area (Å²) in [5.41, 5.74) is 8.92. The third-order valence-corrected chi connectivity index (χ3v) is 10.8. The highest BCUT2D eigenvalue weighted by atomic mass is 31.2. The van der Waals surface area contributed by atoms with Crippen molar-refractivity contribution < 1.29 is 0 Å². The van der Waals surface area contributed by atoms with E-state index in [1.807, 2.05) is 0 Å². The lowest BCUT2D eigenvalue weighted by molar-refractivity contribution is 0.507. The molecule has 0 radical (unpaired) electrons. The molecule has 3 nitrogen and oxygen atoms in total. The van der Waals surface area contributed by atoms with Crippen molar-refractivity contribution in [2.24, 2.45) is 4.74 Å². The summed E-state index contributed by atoms with van der Waals surface area (Å²) in [7, 11) is 2.00. The van der Waals surface area contributed by atoms with Gasteiger partial charge >= 0.3 is 0 Å². The molecule has 0 bridgehead atoms. The van der Waals surface area contributed by atoms with E-state index in [-0.39, 0.29) is 21.8 Å². The number of hydrogen-bond donors (Lipinski definition) is 1. The number of nitrogens with zero attached hydrogens (tertiary/aromatic N) is 2. The maximum Gasteiger partial charge on any atom is 0.130 e. The van der Waals surface area contributed by atoms with E-state index in [1.165, 1.54) is 38.7 Å². The molecule has 1 N–H and O–H groups in total. The Morgan fingerprint density at radius 1 is 0.649 bits per heavy atom. The molecule has 0 amide bonds. The fourth-order valence-electron chi connectivity index (χ4n) is 5.12. The fourth-order valence-corrected chi connectivity index (χ4v) is 8.71. The van der Waals surface area contributed by atoms with E-state index in [0.717, 1.165) is 5.69 Å². The third-order valence-electron chi connectivity index (χ3n) is 6.85. The highest BCUT2D eigenvalue weighted by Crippen LogP contribution is 2.55. The average molecular weight is 526 g/mol. The van der Waals surface area contributed by atoms with Crippen molar-refractivity contribution in [3.05, 3.63) is 57.6 Å². The van der Waals surface area contributed by atoms with E-state index in [1.54, 1.807) is 0 Å². The Kier molecular flexibility index (Phi) is 8.84. The minimum absolute atomic E-state index is 0.0544. The summed E-state index contributed by atoms with van der Waals surface area (Å²) in [4.78, 5) is 0. The normalized spacial score (nSPS) is 15.2. The summed E-state index contributed by atoms with van der Waals surface area (Å²) in [6, 6.07) is 9.51. The summed E-state index contributed by atoms with van der Waals surface area (Å²) in [5.74, 6) is 0. The van der Waals surface area contributed by atoms with Gasteiger partial charge in [-0.2, -0.15) is 0 Å². The number of aryl methyl sites for hydroxylation is 3. The van der Waals surface area contributed by atoms with Crippen molar-refractivity contribution in [3.8, 4) is 0 Å². The van der Waals surface area contributed by atoms with Crippen molar-refractivity contribution >= 4 is 18.3 Å². The summed E-state index contributed by atoms with van der Waals surface area (Å²) < 4.78 is 8.35. The van der Waals surface area contributed by atoms with Gasteiger partial charge in [0.15, 0.2) is 0 Å². The molecule has 0 aliphatic rings. The molecule has 208 valence electrons. The summed E-state index contributed by atoms with van der Waals surface area (Å²) >= 11 is 0. The van der Waals surface area contributed by atoms with Crippen molar-refractivity contribution in [3.63, 3.8) is 0 Å². The zero-order valence-electron chi connectivity index (χ0n) is 27.2. The quantitative estimate of drug-likeness (QED) is 0.403. The minimum Gasteiger partial charge on any atom is -0.263 e. The molecule has 0 unspecified atom stereocenters. The number of rotatable bonds is 4. The predicted molar refractivity (Wildman–Crippen MR) is 168 cm³/mol. The van der Waals surface area contributed by atoms with Crippen LogP contribution in [-0.4, -0.2) is 24.3 Å². The Morgan fingerprint density at radius 2 is 1.05 bits per heavy atom. The first-order valence-corrected chi connectivity index (χ1v) is 15.5. The van der Waals surface area contributed by atoms with Gasteiger partial charge in [0.05, 0.1) is 5.69 Å². The number of nitrogens with one attached hydrogen (secondary N) is 1. The lowest BCUT2D eigenvalue weighted by atomic mass is 9.74. The molecule has 0 saturated heterocycles. The van der Waals surface area contributed by atoms with Gasteiger partial charge in [-0.15, -0.1) is 0 Å². The van der Waals surface area contributed by atoms with Gasteiger partial charge in [0.1, 0.15) is 7.36 Å². The Bertz CT molecular complexity index is 1130. The van der Waals surface area contributed by atoms with Crippen molar-refractivity contribution in [2.45, 2.75) is 126 Å². The predicted octanol–water partition coefficient (Wildman–Crippen LogP) is 9.44. The molecule has 2 aromatic rings. The van der Waals surface area contributed by atoms with Crippen molar-refractivity contribution in [2.75, 3.05) is 14.1 Å². The van der Waals surface area contributed by atoms with E-state index in [2.05, 4.69) is 152 Å². The third kappa shape index (κ3) is 7.17. The van der Waals surface area contributed by atoms with E-state index >= 15 is 0 Å². The standard InChI is InChI=1S/C33H56N3P/c1-22-18-23(2)29(24(3)19-22)37(36(16)17,35-33(13,14)15)34-28-26(31(7,8)9)20-25(30(4,5)6)21-27(28)32(10,11)12/h18-21,35H,1-17H3/t37-/m0/s1. The first-order valence-electron chi connectivity index (χ1n) is 13.8. The van der Waals surface area contributed by atoms with Crippen LogP contribution in [0.3, 0.4) is 0 Å². The van der Waals surface area contributed by atoms with Crippen LogP contribution in [0.15, 0.2) is 29.0 Å². The van der Waals surface area contributed by atoms with Gasteiger partial charge in [-0.25, -0.2) is 4.74 Å². The molecule has 2 rings (SSSR count). The summed E-state index contributed by atoms with van der Waals surface area (Å²) in [5, 5.41) is 5.45. The lowest BCUT2D eigenvalue weighted by Crippen LogP contribution is -2.42. The maximum absolute atomic E-state index is 5.98.